The highest BCUT2D eigenvalue weighted by Crippen LogP contribution is 2.21. The largest absolute Gasteiger partial charge is 0.283 e. The zero-order valence-electron chi connectivity index (χ0n) is 13.3. The van der Waals surface area contributed by atoms with E-state index in [1.54, 1.807) is 16.9 Å². The summed E-state index contributed by atoms with van der Waals surface area (Å²) in [6, 6.07) is 4.53. The first kappa shape index (κ1) is 16.8. The number of hydrogen-bond donors (Lipinski definition) is 1. The van der Waals surface area contributed by atoms with E-state index in [2.05, 4.69) is 14.7 Å². The number of benzene rings is 1. The molecule has 0 radical (unpaired) electrons. The number of sulfonamides is 1. The molecule has 0 bridgehead atoms. The second kappa shape index (κ2) is 6.46. The van der Waals surface area contributed by atoms with Crippen LogP contribution in [0.1, 0.15) is 12.8 Å². The third-order valence-electron chi connectivity index (χ3n) is 4.06. The molecule has 1 aliphatic heterocycles. The first-order chi connectivity index (χ1) is 11.3. The van der Waals surface area contributed by atoms with Crippen molar-refractivity contribution in [3.8, 4) is 0 Å². The van der Waals surface area contributed by atoms with Crippen molar-refractivity contribution < 1.29 is 13.3 Å². The maximum atomic E-state index is 11.4. The first-order valence-corrected chi connectivity index (χ1v) is 9.50. The number of hydrogen-bond acceptors (Lipinski definition) is 6. The summed E-state index contributed by atoms with van der Waals surface area (Å²) in [5.74, 6) is 0. The summed E-state index contributed by atoms with van der Waals surface area (Å²) >= 11 is 0. The van der Waals surface area contributed by atoms with Gasteiger partial charge in [-0.25, -0.2) is 13.1 Å². The number of aromatic nitrogens is 2. The van der Waals surface area contributed by atoms with Gasteiger partial charge in [0.1, 0.15) is 0 Å². The van der Waals surface area contributed by atoms with Gasteiger partial charge < -0.3 is 0 Å². The summed E-state index contributed by atoms with van der Waals surface area (Å²) in [5, 5.41) is 16.1. The van der Waals surface area contributed by atoms with E-state index < -0.39 is 14.9 Å². The third kappa shape index (κ3) is 3.89. The Hall–Kier alpha value is -2.04. The molecule has 2 heterocycles. The fourth-order valence-electron chi connectivity index (χ4n) is 3.06. The maximum absolute atomic E-state index is 11.4. The highest BCUT2D eigenvalue weighted by atomic mass is 32.2. The van der Waals surface area contributed by atoms with Gasteiger partial charge in [-0.1, -0.05) is 0 Å². The molecule has 1 aromatic heterocycles. The van der Waals surface area contributed by atoms with E-state index in [0.29, 0.717) is 18.7 Å². The highest BCUT2D eigenvalue weighted by molar-refractivity contribution is 7.88. The monoisotopic (exact) mass is 353 g/mol. The second-order valence-corrected chi connectivity index (χ2v) is 7.87. The van der Waals surface area contributed by atoms with Crippen molar-refractivity contribution in [1.82, 2.24) is 19.4 Å². The van der Waals surface area contributed by atoms with Crippen LogP contribution in [0.4, 0.5) is 5.69 Å². The smallest absolute Gasteiger partial charge is 0.271 e. The summed E-state index contributed by atoms with van der Waals surface area (Å²) in [7, 11) is -3.23. The van der Waals surface area contributed by atoms with Gasteiger partial charge >= 0.3 is 0 Å². The van der Waals surface area contributed by atoms with E-state index in [9.17, 15) is 18.5 Å². The predicted octanol–water partition coefficient (Wildman–Crippen LogP) is 0.916. The fraction of sp³-hybridized carbons (Fsp3) is 0.500. The van der Waals surface area contributed by atoms with Gasteiger partial charge in [0.05, 0.1) is 29.6 Å². The molecule has 1 atom stereocenters. The Morgan fingerprint density at radius 3 is 2.96 bits per heavy atom. The number of nitrogens with zero attached hydrogens (tertiary/aromatic N) is 4. The average Bonchev–Trinajstić information content (AvgIpc) is 2.88. The lowest BCUT2D eigenvalue weighted by Crippen LogP contribution is -2.47. The number of rotatable bonds is 5. The Labute approximate surface area is 139 Å². The number of non-ortho nitro benzene ring substituents is 1. The zero-order chi connectivity index (χ0) is 17.3. The van der Waals surface area contributed by atoms with Gasteiger partial charge in [0.25, 0.3) is 5.69 Å². The lowest BCUT2D eigenvalue weighted by molar-refractivity contribution is -0.384. The second-order valence-electron chi connectivity index (χ2n) is 6.09. The highest BCUT2D eigenvalue weighted by Gasteiger charge is 2.23. The molecule has 1 fully saturated rings. The first-order valence-electron chi connectivity index (χ1n) is 7.61. The van der Waals surface area contributed by atoms with Crippen LogP contribution in [0.3, 0.4) is 0 Å². The van der Waals surface area contributed by atoms with Crippen molar-refractivity contribution in [3.63, 3.8) is 0 Å². The molecule has 0 saturated carbocycles. The Morgan fingerprint density at radius 2 is 2.25 bits per heavy atom. The zero-order valence-corrected chi connectivity index (χ0v) is 14.1. The van der Waals surface area contributed by atoms with Gasteiger partial charge in [-0.05, 0) is 18.9 Å². The molecule has 0 aliphatic carbocycles. The minimum Gasteiger partial charge on any atom is -0.283 e. The minimum atomic E-state index is -3.23. The van der Waals surface area contributed by atoms with Gasteiger partial charge in [-0.2, -0.15) is 5.10 Å². The number of nitro benzene ring substituents is 1. The van der Waals surface area contributed by atoms with Gasteiger partial charge in [0.2, 0.25) is 10.0 Å². The Morgan fingerprint density at radius 1 is 1.46 bits per heavy atom. The summed E-state index contributed by atoms with van der Waals surface area (Å²) in [6.45, 7) is 1.88. The maximum Gasteiger partial charge on any atom is 0.271 e. The lowest BCUT2D eigenvalue weighted by atomic mass is 10.1. The van der Waals surface area contributed by atoms with Crippen molar-refractivity contribution in [2.24, 2.45) is 0 Å². The molecular formula is C14H19N5O4S. The van der Waals surface area contributed by atoms with E-state index >= 15 is 0 Å². The molecule has 0 unspecified atom stereocenters. The van der Waals surface area contributed by atoms with Crippen molar-refractivity contribution in [1.29, 1.82) is 0 Å². The summed E-state index contributed by atoms with van der Waals surface area (Å²) in [4.78, 5) is 12.6. The summed E-state index contributed by atoms with van der Waals surface area (Å²) < 4.78 is 27.1. The van der Waals surface area contributed by atoms with E-state index in [1.165, 1.54) is 12.1 Å². The molecule has 1 N–H and O–H groups in total. The third-order valence-corrected chi connectivity index (χ3v) is 4.82. The van der Waals surface area contributed by atoms with Gasteiger partial charge in [-0.15, -0.1) is 0 Å². The fourth-order valence-corrected chi connectivity index (χ4v) is 3.86. The van der Waals surface area contributed by atoms with E-state index in [1.807, 2.05) is 0 Å². The molecule has 0 amide bonds. The van der Waals surface area contributed by atoms with E-state index in [-0.39, 0.29) is 11.7 Å². The number of fused-ring (bicyclic) bond motifs is 1. The number of piperidine rings is 1. The number of likely N-dealkylation sites (tertiary alicyclic amines) is 1. The van der Waals surface area contributed by atoms with Crippen LogP contribution in [0.5, 0.6) is 0 Å². The van der Waals surface area contributed by atoms with Crippen molar-refractivity contribution in [2.75, 3.05) is 19.3 Å². The van der Waals surface area contributed by atoms with Gasteiger partial charge in [-0.3, -0.25) is 19.7 Å². The molecule has 10 heteroatoms. The van der Waals surface area contributed by atoms with E-state index in [0.717, 1.165) is 31.0 Å². The van der Waals surface area contributed by atoms with Crippen LogP contribution in [-0.4, -0.2) is 53.4 Å². The van der Waals surface area contributed by atoms with Gasteiger partial charge in [0, 0.05) is 36.7 Å². The van der Waals surface area contributed by atoms with Crippen molar-refractivity contribution in [3.05, 3.63) is 34.5 Å². The SMILES string of the molecule is CS(=O)(=O)N[C@@H]1CCCN(Cn2ncc3ccc([N+](=O)[O-])cc32)C1. The number of nitrogens with one attached hydrogen (secondary N) is 1. The summed E-state index contributed by atoms with van der Waals surface area (Å²) in [6.07, 6.45) is 4.52. The van der Waals surface area contributed by atoms with Crippen LogP contribution in [0.25, 0.3) is 10.9 Å². The molecular weight excluding hydrogens is 334 g/mol. The molecule has 1 saturated heterocycles. The topological polar surface area (TPSA) is 110 Å². The van der Waals surface area contributed by atoms with Gasteiger partial charge in [0.15, 0.2) is 0 Å². The summed E-state index contributed by atoms with van der Waals surface area (Å²) in [5.41, 5.74) is 0.724. The Bertz CT molecular complexity index is 863. The van der Waals surface area contributed by atoms with Crippen LogP contribution in [0, 0.1) is 10.1 Å². The molecule has 24 heavy (non-hydrogen) atoms. The minimum absolute atomic E-state index is 0.0273. The van der Waals surface area contributed by atoms with Crippen LogP contribution < -0.4 is 4.72 Å². The molecule has 130 valence electrons. The Kier molecular flexibility index (Phi) is 4.52. The average molecular weight is 353 g/mol. The molecule has 3 rings (SSSR count). The predicted molar refractivity (Wildman–Crippen MR) is 89.0 cm³/mol. The molecule has 2 aromatic rings. The van der Waals surface area contributed by atoms with E-state index in [4.69, 9.17) is 0 Å². The lowest BCUT2D eigenvalue weighted by Gasteiger charge is -2.32. The molecule has 0 spiro atoms. The standard InChI is InChI=1S/C14H19N5O4S/c1-24(22,23)16-12-3-2-6-17(9-12)10-18-14-7-13(19(20)21)5-4-11(14)8-15-18/h4-5,7-8,12,16H,2-3,6,9-10H2,1H3/t12-/m1/s1. The quantitative estimate of drug-likeness (QED) is 0.632. The van der Waals surface area contributed by atoms with Crippen LogP contribution in [0.2, 0.25) is 0 Å². The van der Waals surface area contributed by atoms with Crippen molar-refractivity contribution in [2.45, 2.75) is 25.6 Å². The molecule has 1 aliphatic rings. The van der Waals surface area contributed by atoms with Crippen LogP contribution in [-0.2, 0) is 16.7 Å². The van der Waals surface area contributed by atoms with Crippen LogP contribution in [0.15, 0.2) is 24.4 Å². The normalized spacial score (nSPS) is 19.6. The molecule has 9 nitrogen and oxygen atoms in total. The van der Waals surface area contributed by atoms with Crippen LogP contribution >= 0.6 is 0 Å². The number of nitro groups is 1. The molecule has 1 aromatic carbocycles. The Balaban J connectivity index is 1.77. The van der Waals surface area contributed by atoms with Crippen molar-refractivity contribution >= 4 is 26.6 Å².